The summed E-state index contributed by atoms with van der Waals surface area (Å²) in [6.07, 6.45) is 2.39. The topological polar surface area (TPSA) is 85.1 Å². The number of nitrogen functional groups attached to an aromatic ring is 1. The zero-order valence-corrected chi connectivity index (χ0v) is 10.1. The van der Waals surface area contributed by atoms with Crippen LogP contribution in [0.5, 0.6) is 0 Å². The van der Waals surface area contributed by atoms with Crippen LogP contribution in [0.15, 0.2) is 6.20 Å². The zero-order valence-electron chi connectivity index (χ0n) is 9.33. The Bertz CT molecular complexity index is 336. The van der Waals surface area contributed by atoms with E-state index >= 15 is 0 Å². The molecule has 1 unspecified atom stereocenters. The first kappa shape index (κ1) is 13.0. The molecule has 0 saturated heterocycles. The number of nitrogens with one attached hydrogen (secondary N) is 2. The maximum absolute atomic E-state index is 5.96. The molecule has 0 saturated carbocycles. The molecular weight excluding hydrogens is 230 g/mol. The van der Waals surface area contributed by atoms with Gasteiger partial charge in [-0.15, -0.1) is 0 Å². The summed E-state index contributed by atoms with van der Waals surface area (Å²) in [5, 5.41) is 3.62. The Labute approximate surface area is 99.5 Å². The molecule has 1 heterocycles. The van der Waals surface area contributed by atoms with E-state index in [-0.39, 0.29) is 6.04 Å². The van der Waals surface area contributed by atoms with Gasteiger partial charge in [-0.2, -0.15) is 4.98 Å². The normalized spacial score (nSPS) is 12.2. The number of methoxy groups -OCH3 is 1. The van der Waals surface area contributed by atoms with Gasteiger partial charge in [0, 0.05) is 7.11 Å². The van der Waals surface area contributed by atoms with E-state index < -0.39 is 0 Å². The van der Waals surface area contributed by atoms with Gasteiger partial charge in [-0.05, 0) is 6.42 Å². The lowest BCUT2D eigenvalue weighted by atomic mass is 10.2. The van der Waals surface area contributed by atoms with Gasteiger partial charge in [0.25, 0.3) is 0 Å². The number of nitrogens with zero attached hydrogens (tertiary/aromatic N) is 2. The number of ether oxygens (including phenoxy) is 1. The maximum Gasteiger partial charge on any atom is 0.239 e. The Morgan fingerprint density at radius 2 is 2.38 bits per heavy atom. The molecule has 0 aliphatic rings. The van der Waals surface area contributed by atoms with E-state index in [4.69, 9.17) is 22.2 Å². The van der Waals surface area contributed by atoms with Crippen molar-refractivity contribution in [2.45, 2.75) is 19.4 Å². The summed E-state index contributed by atoms with van der Waals surface area (Å²) in [6, 6.07) is 0.156. The highest BCUT2D eigenvalue weighted by Gasteiger charge is 2.10. The molecule has 0 aromatic carbocycles. The first-order chi connectivity index (χ1) is 7.71. The fourth-order valence-corrected chi connectivity index (χ4v) is 1.34. The second-order valence-electron chi connectivity index (χ2n) is 3.24. The van der Waals surface area contributed by atoms with Gasteiger partial charge in [0.15, 0.2) is 5.82 Å². The van der Waals surface area contributed by atoms with Crippen LogP contribution in [0.2, 0.25) is 5.02 Å². The van der Waals surface area contributed by atoms with Crippen LogP contribution in [-0.4, -0.2) is 29.7 Å². The summed E-state index contributed by atoms with van der Waals surface area (Å²) in [5.74, 6) is 6.09. The van der Waals surface area contributed by atoms with Crippen LogP contribution in [-0.2, 0) is 4.74 Å². The van der Waals surface area contributed by atoms with Crippen molar-refractivity contribution in [1.29, 1.82) is 0 Å². The number of rotatable bonds is 6. The molecule has 1 aromatic rings. The summed E-state index contributed by atoms with van der Waals surface area (Å²) in [7, 11) is 1.65. The van der Waals surface area contributed by atoms with Crippen LogP contribution in [0.3, 0.4) is 0 Å². The predicted octanol–water partition coefficient (Wildman–Crippen LogP) is 1.25. The average Bonchev–Trinajstić information content (AvgIpc) is 2.31. The van der Waals surface area contributed by atoms with Crippen molar-refractivity contribution in [2.24, 2.45) is 5.84 Å². The Morgan fingerprint density at radius 1 is 1.62 bits per heavy atom. The van der Waals surface area contributed by atoms with Gasteiger partial charge in [-0.25, -0.2) is 10.8 Å². The van der Waals surface area contributed by atoms with Crippen molar-refractivity contribution in [3.8, 4) is 0 Å². The smallest absolute Gasteiger partial charge is 0.239 e. The van der Waals surface area contributed by atoms with Crippen molar-refractivity contribution in [2.75, 3.05) is 24.5 Å². The average molecular weight is 246 g/mol. The molecule has 1 aromatic heterocycles. The van der Waals surface area contributed by atoms with E-state index in [1.54, 1.807) is 7.11 Å². The summed E-state index contributed by atoms with van der Waals surface area (Å²) >= 11 is 5.96. The minimum atomic E-state index is 0.156. The lowest BCUT2D eigenvalue weighted by Crippen LogP contribution is -2.25. The number of halogens is 1. The van der Waals surface area contributed by atoms with Crippen molar-refractivity contribution in [3.63, 3.8) is 0 Å². The molecule has 1 rings (SSSR count). The molecular formula is C9H16ClN5O. The van der Waals surface area contributed by atoms with Crippen molar-refractivity contribution in [1.82, 2.24) is 9.97 Å². The molecule has 0 radical (unpaired) electrons. The molecule has 0 fully saturated rings. The third kappa shape index (κ3) is 3.48. The lowest BCUT2D eigenvalue weighted by molar-refractivity contribution is 0.184. The highest BCUT2D eigenvalue weighted by molar-refractivity contribution is 6.32. The Kier molecular flexibility index (Phi) is 5.24. The van der Waals surface area contributed by atoms with Crippen LogP contribution in [0.4, 0.5) is 11.8 Å². The summed E-state index contributed by atoms with van der Waals surface area (Å²) in [4.78, 5) is 8.00. The van der Waals surface area contributed by atoms with Gasteiger partial charge in [0.1, 0.15) is 5.02 Å². The molecule has 90 valence electrons. The van der Waals surface area contributed by atoms with Crippen LogP contribution >= 0.6 is 11.6 Å². The quantitative estimate of drug-likeness (QED) is 0.517. The number of anilines is 2. The molecule has 0 bridgehead atoms. The number of hydrazine groups is 1. The number of hydrogen-bond acceptors (Lipinski definition) is 6. The second kappa shape index (κ2) is 6.47. The summed E-state index contributed by atoms with van der Waals surface area (Å²) in [5.41, 5.74) is 2.37. The Morgan fingerprint density at radius 3 is 2.94 bits per heavy atom. The Hall–Kier alpha value is -1.11. The highest BCUT2D eigenvalue weighted by Crippen LogP contribution is 2.20. The number of nitrogens with two attached hydrogens (primary N) is 1. The number of aromatic nitrogens is 2. The minimum absolute atomic E-state index is 0.156. The predicted molar refractivity (Wildman–Crippen MR) is 64.4 cm³/mol. The van der Waals surface area contributed by atoms with Gasteiger partial charge in [-0.3, -0.25) is 5.43 Å². The molecule has 1 atom stereocenters. The molecule has 0 spiro atoms. The van der Waals surface area contributed by atoms with E-state index in [1.807, 2.05) is 6.92 Å². The van der Waals surface area contributed by atoms with E-state index in [0.29, 0.717) is 23.4 Å². The van der Waals surface area contributed by atoms with Gasteiger partial charge in [0.2, 0.25) is 5.95 Å². The SMILES string of the molecule is CCC(COC)Nc1nc(NN)ncc1Cl. The molecule has 6 nitrogen and oxygen atoms in total. The Balaban J connectivity index is 2.77. The van der Waals surface area contributed by atoms with Crippen LogP contribution in [0.25, 0.3) is 0 Å². The fraction of sp³-hybridized carbons (Fsp3) is 0.556. The van der Waals surface area contributed by atoms with Crippen molar-refractivity contribution >= 4 is 23.4 Å². The fourth-order valence-electron chi connectivity index (χ4n) is 1.19. The monoisotopic (exact) mass is 245 g/mol. The van der Waals surface area contributed by atoms with Gasteiger partial charge >= 0.3 is 0 Å². The van der Waals surface area contributed by atoms with Crippen molar-refractivity contribution in [3.05, 3.63) is 11.2 Å². The largest absolute Gasteiger partial charge is 0.383 e. The van der Waals surface area contributed by atoms with Crippen LogP contribution in [0, 0.1) is 0 Å². The third-order valence-electron chi connectivity index (χ3n) is 2.07. The van der Waals surface area contributed by atoms with E-state index in [1.165, 1.54) is 6.20 Å². The van der Waals surface area contributed by atoms with E-state index in [2.05, 4.69) is 20.7 Å². The van der Waals surface area contributed by atoms with E-state index in [0.717, 1.165) is 6.42 Å². The molecule has 0 aliphatic carbocycles. The molecule has 0 amide bonds. The molecule has 0 aliphatic heterocycles. The summed E-state index contributed by atoms with van der Waals surface area (Å²) < 4.78 is 5.07. The minimum Gasteiger partial charge on any atom is -0.383 e. The van der Waals surface area contributed by atoms with Crippen LogP contribution < -0.4 is 16.6 Å². The van der Waals surface area contributed by atoms with Crippen LogP contribution in [0.1, 0.15) is 13.3 Å². The first-order valence-electron chi connectivity index (χ1n) is 4.95. The first-order valence-corrected chi connectivity index (χ1v) is 5.33. The standard InChI is InChI=1S/C9H16ClN5O/c1-3-6(5-16-2)13-8-7(10)4-12-9(14-8)15-11/h4,6H,3,5,11H2,1-2H3,(H2,12,13,14,15). The molecule has 7 heteroatoms. The highest BCUT2D eigenvalue weighted by atomic mass is 35.5. The third-order valence-corrected chi connectivity index (χ3v) is 2.35. The van der Waals surface area contributed by atoms with E-state index in [9.17, 15) is 0 Å². The molecule has 16 heavy (non-hydrogen) atoms. The zero-order chi connectivity index (χ0) is 12.0. The lowest BCUT2D eigenvalue weighted by Gasteiger charge is -2.17. The van der Waals surface area contributed by atoms with Gasteiger partial charge in [-0.1, -0.05) is 18.5 Å². The van der Waals surface area contributed by atoms with Gasteiger partial charge in [0.05, 0.1) is 18.8 Å². The maximum atomic E-state index is 5.96. The second-order valence-corrected chi connectivity index (χ2v) is 3.65. The number of hydrogen-bond donors (Lipinski definition) is 3. The van der Waals surface area contributed by atoms with Crippen molar-refractivity contribution < 1.29 is 4.74 Å². The van der Waals surface area contributed by atoms with Gasteiger partial charge < -0.3 is 10.1 Å². The summed E-state index contributed by atoms with van der Waals surface area (Å²) in [6.45, 7) is 2.64. The molecule has 4 N–H and O–H groups in total.